The summed E-state index contributed by atoms with van der Waals surface area (Å²) in [4.78, 5) is 84.7. The largest absolute Gasteiger partial charge is 0.472 e. The molecule has 14 atom stereocenters. The van der Waals surface area contributed by atoms with Gasteiger partial charge in [-0.1, -0.05) is 0 Å². The van der Waals surface area contributed by atoms with Crippen LogP contribution in [0.15, 0.2) is 46.8 Å². The Kier molecular flexibility index (Phi) is 13.3. The maximum Gasteiger partial charge on any atom is 0.472 e. The smallest absolute Gasteiger partial charge is 0.394 e. The molecule has 346 valence electrons. The van der Waals surface area contributed by atoms with Gasteiger partial charge in [0, 0.05) is 12.4 Å². The molecule has 3 saturated heterocycles. The van der Waals surface area contributed by atoms with Crippen molar-refractivity contribution >= 4 is 52.1 Å². The number of anilines is 3. The molecule has 0 aliphatic carbocycles. The molecule has 3 aliphatic rings. The molecule has 7 rings (SSSR count). The minimum atomic E-state index is -5.56. The molecule has 3 aliphatic heterocycles. The van der Waals surface area contributed by atoms with E-state index in [-0.39, 0.29) is 28.6 Å². The average Bonchev–Trinajstić information content (AvgIpc) is 3.93. The number of aliphatic hydroxyl groups is 4. The fourth-order valence-corrected chi connectivity index (χ4v) is 9.32. The molecule has 63 heavy (non-hydrogen) atoms. The number of phosphoric ester groups is 3. The number of aromatic nitrogens is 8. The van der Waals surface area contributed by atoms with Crippen molar-refractivity contribution in [2.45, 2.75) is 73.6 Å². The van der Waals surface area contributed by atoms with Crippen LogP contribution in [-0.2, 0) is 50.5 Å². The standard InChI is InChI=1S/C28H38N11O21P3/c29-13-1-3-37(27(44)35-13)24-17(42)20(58-61(46,47)48)11(56-24)6-53-63(51,52)60-21-12(57-25(18(21)43)38-4-2-14(30)36-28(38)45)7-54-62(49,50)59-19-10(5-40)55-26(16(19)41)39-9-34-15-22(31)32-8-33-23(15)39/h1-4,8-12,16-21,24-26,40-43H,5-7H2,(H,49,50)(H,51,52)(H2,29,35,44)(H2,30,36,45)(H2,31,32,33)(H2,46,47,48)/t10-,11-,12-,16-,17-,18-,19-,20-,21-,24-,25-,26-/m1/s1. The Hall–Kier alpha value is -4.24. The van der Waals surface area contributed by atoms with Crippen LogP contribution in [0.25, 0.3) is 11.2 Å². The number of aliphatic hydroxyl groups excluding tert-OH is 4. The summed E-state index contributed by atoms with van der Waals surface area (Å²) in [6.45, 7) is -3.18. The molecule has 0 saturated carbocycles. The summed E-state index contributed by atoms with van der Waals surface area (Å²) in [7, 11) is -16.4. The van der Waals surface area contributed by atoms with Gasteiger partial charge in [0.05, 0.1) is 26.1 Å². The monoisotopic (exact) mass is 957 g/mol. The second-order valence-corrected chi connectivity index (χ2v) is 17.8. The molecule has 0 amide bonds. The molecule has 0 aromatic carbocycles. The zero-order chi connectivity index (χ0) is 45.8. The normalized spacial score (nSPS) is 31.9. The number of hydrogen-bond donors (Lipinski definition) is 11. The molecule has 32 nitrogen and oxygen atoms in total. The molecule has 35 heteroatoms. The van der Waals surface area contributed by atoms with Crippen molar-refractivity contribution in [2.75, 3.05) is 37.0 Å². The number of phosphoric acid groups is 3. The highest BCUT2D eigenvalue weighted by molar-refractivity contribution is 7.47. The van der Waals surface area contributed by atoms with Crippen LogP contribution in [0.5, 0.6) is 0 Å². The Morgan fingerprint density at radius 2 is 1.10 bits per heavy atom. The van der Waals surface area contributed by atoms with Crippen molar-refractivity contribution in [2.24, 2.45) is 0 Å². The van der Waals surface area contributed by atoms with Crippen LogP contribution in [0.4, 0.5) is 17.5 Å². The lowest BCUT2D eigenvalue weighted by molar-refractivity contribution is -0.0640. The molecular weight excluding hydrogens is 919 g/mol. The lowest BCUT2D eigenvalue weighted by atomic mass is 10.1. The molecule has 0 spiro atoms. The predicted octanol–water partition coefficient (Wildman–Crippen LogP) is -4.66. The van der Waals surface area contributed by atoms with Crippen molar-refractivity contribution in [1.29, 1.82) is 0 Å². The third-order valence-corrected chi connectivity index (χ3v) is 12.1. The number of imidazole rings is 1. The van der Waals surface area contributed by atoms with Gasteiger partial charge in [-0.15, -0.1) is 0 Å². The lowest BCUT2D eigenvalue weighted by Gasteiger charge is -2.26. The van der Waals surface area contributed by atoms with Crippen molar-refractivity contribution in [1.82, 2.24) is 38.6 Å². The third kappa shape index (κ3) is 10.0. The van der Waals surface area contributed by atoms with Gasteiger partial charge in [-0.2, -0.15) is 9.97 Å². The Morgan fingerprint density at radius 1 is 0.651 bits per heavy atom. The van der Waals surface area contributed by atoms with Crippen molar-refractivity contribution in [3.63, 3.8) is 0 Å². The number of nitrogens with two attached hydrogens (primary N) is 3. The Morgan fingerprint density at radius 3 is 1.56 bits per heavy atom. The first kappa shape index (κ1) is 46.7. The maximum atomic E-state index is 13.5. The molecular formula is C28H38N11O21P3. The second-order valence-electron chi connectivity index (χ2n) is 13.7. The minimum Gasteiger partial charge on any atom is -0.394 e. The number of fused-ring (bicyclic) bond motifs is 1. The number of nitrogen functional groups attached to an aromatic ring is 3. The van der Waals surface area contributed by atoms with Crippen LogP contribution in [0.2, 0.25) is 0 Å². The lowest BCUT2D eigenvalue weighted by Crippen LogP contribution is -2.39. The first-order chi connectivity index (χ1) is 29.6. The maximum absolute atomic E-state index is 13.5. The van der Waals surface area contributed by atoms with Crippen LogP contribution in [0.3, 0.4) is 0 Å². The van der Waals surface area contributed by atoms with Crippen LogP contribution < -0.4 is 28.6 Å². The van der Waals surface area contributed by atoms with Gasteiger partial charge in [0.2, 0.25) is 0 Å². The number of nitrogens with zero attached hydrogens (tertiary/aromatic N) is 8. The van der Waals surface area contributed by atoms with Crippen molar-refractivity contribution in [3.05, 3.63) is 58.1 Å². The highest BCUT2D eigenvalue weighted by atomic mass is 31.2. The molecule has 0 bridgehead atoms. The molecule has 7 heterocycles. The fourth-order valence-electron chi connectivity index (χ4n) is 6.81. The summed E-state index contributed by atoms with van der Waals surface area (Å²) in [5, 5.41) is 43.3. The summed E-state index contributed by atoms with van der Waals surface area (Å²) in [5.74, 6) is -0.487. The van der Waals surface area contributed by atoms with Gasteiger partial charge in [0.15, 0.2) is 30.1 Å². The topological polar surface area (TPSA) is 478 Å². The Balaban J connectivity index is 1.08. The van der Waals surface area contributed by atoms with E-state index in [2.05, 4.69) is 29.4 Å². The van der Waals surface area contributed by atoms with E-state index < -0.39 is 128 Å². The highest BCUT2D eigenvalue weighted by Crippen LogP contribution is 2.52. The van der Waals surface area contributed by atoms with Crippen LogP contribution >= 0.6 is 23.5 Å². The van der Waals surface area contributed by atoms with Crippen molar-refractivity contribution < 1.29 is 90.5 Å². The quantitative estimate of drug-likeness (QED) is 0.0470. The van der Waals surface area contributed by atoms with Gasteiger partial charge < -0.3 is 71.4 Å². The SMILES string of the molecule is Nc1ccn([C@@H]2O[C@H](COP(=O)(O)O[C@H]3[C@@H](O)[C@H](n4ccc(N)nc4=O)O[C@@H]3COP(=O)(O)O[C@H]3[C@@H](O)[C@H](n4cnc5c(N)ncnc54)O[C@@H]3CO)[C@@H](OP(=O)(O)O)[C@H]2O)c(=O)n1. The van der Waals surface area contributed by atoms with Crippen molar-refractivity contribution in [3.8, 4) is 0 Å². The average molecular weight is 958 g/mol. The first-order valence-electron chi connectivity index (χ1n) is 17.9. The zero-order valence-electron chi connectivity index (χ0n) is 31.5. The Labute approximate surface area is 349 Å². The van der Waals surface area contributed by atoms with E-state index in [1.165, 1.54) is 10.9 Å². The van der Waals surface area contributed by atoms with Gasteiger partial charge in [-0.25, -0.2) is 38.2 Å². The summed E-state index contributed by atoms with van der Waals surface area (Å²) in [6, 6.07) is 2.25. The summed E-state index contributed by atoms with van der Waals surface area (Å²) in [6.07, 6.45) is -17.7. The van der Waals surface area contributed by atoms with E-state index in [0.717, 1.165) is 30.9 Å². The fraction of sp³-hybridized carbons (Fsp3) is 0.536. The van der Waals surface area contributed by atoms with E-state index in [4.69, 9.17) is 49.5 Å². The minimum absolute atomic E-state index is 0.0129. The molecule has 4 aromatic heterocycles. The highest BCUT2D eigenvalue weighted by Gasteiger charge is 2.54. The number of hydrogen-bond acceptors (Lipinski definition) is 25. The molecule has 4 aromatic rings. The van der Waals surface area contributed by atoms with Crippen LogP contribution in [0, 0.1) is 0 Å². The summed E-state index contributed by atoms with van der Waals surface area (Å²) >= 11 is 0. The zero-order valence-corrected chi connectivity index (χ0v) is 34.2. The van der Waals surface area contributed by atoms with Gasteiger partial charge in [0.25, 0.3) is 0 Å². The van der Waals surface area contributed by atoms with Gasteiger partial charge in [0.1, 0.15) is 78.4 Å². The van der Waals surface area contributed by atoms with E-state index in [0.29, 0.717) is 9.13 Å². The summed E-state index contributed by atoms with van der Waals surface area (Å²) < 4.78 is 83.2. The van der Waals surface area contributed by atoms with Crippen LogP contribution in [-0.4, -0.2) is 153 Å². The van der Waals surface area contributed by atoms with E-state index >= 15 is 0 Å². The Bertz CT molecular complexity index is 2580. The van der Waals surface area contributed by atoms with Crippen LogP contribution in [0.1, 0.15) is 18.7 Å². The molecule has 2 unspecified atom stereocenters. The summed E-state index contributed by atoms with van der Waals surface area (Å²) in [5.41, 5.74) is 14.9. The van der Waals surface area contributed by atoms with Gasteiger partial charge in [-0.3, -0.25) is 36.3 Å². The van der Waals surface area contributed by atoms with E-state index in [9.17, 15) is 63.3 Å². The number of rotatable bonds is 16. The van der Waals surface area contributed by atoms with E-state index in [1.54, 1.807) is 0 Å². The molecule has 0 radical (unpaired) electrons. The van der Waals surface area contributed by atoms with Gasteiger partial charge in [-0.05, 0) is 12.1 Å². The second kappa shape index (κ2) is 18.0. The number of ether oxygens (including phenoxy) is 3. The van der Waals surface area contributed by atoms with Gasteiger partial charge >= 0.3 is 34.8 Å². The third-order valence-electron chi connectivity index (χ3n) is 9.59. The predicted molar refractivity (Wildman–Crippen MR) is 201 cm³/mol. The van der Waals surface area contributed by atoms with E-state index in [1.807, 2.05) is 0 Å². The molecule has 3 fully saturated rings. The first-order valence-corrected chi connectivity index (χ1v) is 22.4. The molecule has 14 N–H and O–H groups in total.